The number of amides is 1. The molecule has 14 heavy (non-hydrogen) atoms. The Bertz CT molecular complexity index is 296. The zero-order valence-electron chi connectivity index (χ0n) is 9.11. The normalized spacial score (nSPS) is 10.2. The van der Waals surface area contributed by atoms with E-state index in [9.17, 15) is 4.79 Å². The topological polar surface area (TPSA) is 44.9 Å². The fourth-order valence-electron chi connectivity index (χ4n) is 1.47. The number of H-pyrrole nitrogens is 1. The van der Waals surface area contributed by atoms with Gasteiger partial charge in [-0.25, -0.2) is 0 Å². The second-order valence-electron chi connectivity index (χ2n) is 3.58. The van der Waals surface area contributed by atoms with E-state index in [1.165, 1.54) is 0 Å². The Hall–Kier alpha value is -1.25. The molecule has 1 amide bonds. The van der Waals surface area contributed by atoms with E-state index in [1.54, 1.807) is 0 Å². The average Bonchev–Trinajstić information content (AvgIpc) is 2.46. The van der Waals surface area contributed by atoms with Crippen LogP contribution in [0.1, 0.15) is 41.4 Å². The lowest BCUT2D eigenvalue weighted by Gasteiger charge is -2.04. The number of nitrogens with one attached hydrogen (secondary N) is 2. The molecule has 1 heterocycles. The van der Waals surface area contributed by atoms with Gasteiger partial charge in [-0.1, -0.05) is 13.3 Å². The minimum atomic E-state index is 0.0368. The maximum atomic E-state index is 11.7. The van der Waals surface area contributed by atoms with Crippen LogP contribution in [-0.4, -0.2) is 17.4 Å². The summed E-state index contributed by atoms with van der Waals surface area (Å²) in [5, 5.41) is 2.91. The number of hydrogen-bond donors (Lipinski definition) is 2. The van der Waals surface area contributed by atoms with Crippen LogP contribution in [0.5, 0.6) is 0 Å². The van der Waals surface area contributed by atoms with Crippen LogP contribution < -0.4 is 5.32 Å². The van der Waals surface area contributed by atoms with Crippen LogP contribution in [0.15, 0.2) is 6.20 Å². The van der Waals surface area contributed by atoms with Gasteiger partial charge in [-0.05, 0) is 25.8 Å². The lowest BCUT2D eigenvalue weighted by atomic mass is 10.1. The minimum absolute atomic E-state index is 0.0368. The van der Waals surface area contributed by atoms with Gasteiger partial charge in [-0.2, -0.15) is 0 Å². The van der Waals surface area contributed by atoms with Gasteiger partial charge in [0.15, 0.2) is 0 Å². The van der Waals surface area contributed by atoms with E-state index < -0.39 is 0 Å². The van der Waals surface area contributed by atoms with Crippen molar-refractivity contribution < 1.29 is 4.79 Å². The molecular formula is C11H18N2O. The third kappa shape index (κ3) is 2.37. The summed E-state index contributed by atoms with van der Waals surface area (Å²) in [7, 11) is 0. The SMILES string of the molecule is CCCCNC(=O)c1c(C)c[nH]c1C. The average molecular weight is 194 g/mol. The summed E-state index contributed by atoms with van der Waals surface area (Å²) in [4.78, 5) is 14.7. The predicted octanol–water partition coefficient (Wildman–Crippen LogP) is 2.16. The molecule has 0 atom stereocenters. The van der Waals surface area contributed by atoms with Crippen molar-refractivity contribution in [2.24, 2.45) is 0 Å². The van der Waals surface area contributed by atoms with Crippen molar-refractivity contribution >= 4 is 5.91 Å². The van der Waals surface area contributed by atoms with Crippen molar-refractivity contribution in [1.82, 2.24) is 10.3 Å². The fourth-order valence-corrected chi connectivity index (χ4v) is 1.47. The Balaban J connectivity index is 2.60. The lowest BCUT2D eigenvalue weighted by molar-refractivity contribution is 0.0952. The fraction of sp³-hybridized carbons (Fsp3) is 0.545. The Kier molecular flexibility index (Phi) is 3.74. The summed E-state index contributed by atoms with van der Waals surface area (Å²) in [5.74, 6) is 0.0368. The molecule has 3 nitrogen and oxygen atoms in total. The van der Waals surface area contributed by atoms with E-state index in [-0.39, 0.29) is 5.91 Å². The highest BCUT2D eigenvalue weighted by molar-refractivity contribution is 5.96. The summed E-state index contributed by atoms with van der Waals surface area (Å²) >= 11 is 0. The van der Waals surface area contributed by atoms with E-state index in [1.807, 2.05) is 20.0 Å². The zero-order chi connectivity index (χ0) is 10.6. The van der Waals surface area contributed by atoms with Crippen LogP contribution in [0, 0.1) is 13.8 Å². The maximum absolute atomic E-state index is 11.7. The van der Waals surface area contributed by atoms with Gasteiger partial charge in [-0.15, -0.1) is 0 Å². The van der Waals surface area contributed by atoms with Crippen LogP contribution in [0.4, 0.5) is 0 Å². The number of carbonyl (C=O) groups excluding carboxylic acids is 1. The third-order valence-electron chi connectivity index (χ3n) is 2.32. The largest absolute Gasteiger partial charge is 0.364 e. The molecule has 0 aromatic carbocycles. The van der Waals surface area contributed by atoms with Gasteiger partial charge < -0.3 is 10.3 Å². The van der Waals surface area contributed by atoms with Gasteiger partial charge >= 0.3 is 0 Å². The van der Waals surface area contributed by atoms with E-state index >= 15 is 0 Å². The minimum Gasteiger partial charge on any atom is -0.364 e. The Labute approximate surface area is 84.9 Å². The molecule has 3 heteroatoms. The molecule has 0 aliphatic carbocycles. The summed E-state index contributed by atoms with van der Waals surface area (Å²) < 4.78 is 0. The Morgan fingerprint density at radius 2 is 2.21 bits per heavy atom. The number of rotatable bonds is 4. The molecule has 0 aliphatic heterocycles. The number of aryl methyl sites for hydroxylation is 2. The Morgan fingerprint density at radius 1 is 1.50 bits per heavy atom. The zero-order valence-corrected chi connectivity index (χ0v) is 9.11. The van der Waals surface area contributed by atoms with Crippen molar-refractivity contribution in [1.29, 1.82) is 0 Å². The first-order chi connectivity index (χ1) is 6.66. The first-order valence-electron chi connectivity index (χ1n) is 5.09. The number of aromatic amines is 1. The predicted molar refractivity (Wildman–Crippen MR) is 57.5 cm³/mol. The summed E-state index contributed by atoms with van der Waals surface area (Å²) in [5.41, 5.74) is 2.74. The Morgan fingerprint density at radius 3 is 2.71 bits per heavy atom. The second kappa shape index (κ2) is 4.84. The monoisotopic (exact) mass is 194 g/mol. The number of hydrogen-bond acceptors (Lipinski definition) is 1. The molecule has 0 aliphatic rings. The lowest BCUT2D eigenvalue weighted by Crippen LogP contribution is -2.25. The van der Waals surface area contributed by atoms with Gasteiger partial charge in [0.05, 0.1) is 5.56 Å². The molecule has 0 unspecified atom stereocenters. The number of aromatic nitrogens is 1. The summed E-state index contributed by atoms with van der Waals surface area (Å²) in [6.45, 7) is 6.73. The highest BCUT2D eigenvalue weighted by Crippen LogP contribution is 2.11. The van der Waals surface area contributed by atoms with Gasteiger partial charge in [0.1, 0.15) is 0 Å². The summed E-state index contributed by atoms with van der Waals surface area (Å²) in [6.07, 6.45) is 4.00. The first-order valence-corrected chi connectivity index (χ1v) is 5.09. The van der Waals surface area contributed by atoms with Gasteiger partial charge in [-0.3, -0.25) is 4.79 Å². The van der Waals surface area contributed by atoms with Crippen molar-refractivity contribution in [2.75, 3.05) is 6.54 Å². The summed E-state index contributed by atoms with van der Waals surface area (Å²) in [6, 6.07) is 0. The third-order valence-corrected chi connectivity index (χ3v) is 2.32. The molecule has 1 rings (SSSR count). The quantitative estimate of drug-likeness (QED) is 0.709. The van der Waals surface area contributed by atoms with Crippen molar-refractivity contribution in [2.45, 2.75) is 33.6 Å². The molecule has 0 spiro atoms. The van der Waals surface area contributed by atoms with Crippen LogP contribution >= 0.6 is 0 Å². The van der Waals surface area contributed by atoms with E-state index in [2.05, 4.69) is 17.2 Å². The van der Waals surface area contributed by atoms with Crippen molar-refractivity contribution in [3.05, 3.63) is 23.0 Å². The molecule has 0 saturated carbocycles. The van der Waals surface area contributed by atoms with Gasteiger partial charge in [0, 0.05) is 18.4 Å². The van der Waals surface area contributed by atoms with Gasteiger partial charge in [0.2, 0.25) is 0 Å². The van der Waals surface area contributed by atoms with Crippen molar-refractivity contribution in [3.63, 3.8) is 0 Å². The molecule has 0 saturated heterocycles. The highest BCUT2D eigenvalue weighted by Gasteiger charge is 2.12. The van der Waals surface area contributed by atoms with Crippen LogP contribution in [0.3, 0.4) is 0 Å². The van der Waals surface area contributed by atoms with Crippen LogP contribution in [0.2, 0.25) is 0 Å². The smallest absolute Gasteiger partial charge is 0.253 e. The molecule has 0 radical (unpaired) electrons. The van der Waals surface area contributed by atoms with Crippen molar-refractivity contribution in [3.8, 4) is 0 Å². The van der Waals surface area contributed by atoms with E-state index in [0.29, 0.717) is 0 Å². The molecule has 78 valence electrons. The standard InChI is InChI=1S/C11H18N2O/c1-4-5-6-12-11(14)10-8(2)7-13-9(10)3/h7,13H,4-6H2,1-3H3,(H,12,14). The van der Waals surface area contributed by atoms with Crippen LogP contribution in [0.25, 0.3) is 0 Å². The van der Waals surface area contributed by atoms with E-state index in [4.69, 9.17) is 0 Å². The van der Waals surface area contributed by atoms with Gasteiger partial charge in [0.25, 0.3) is 5.91 Å². The molecule has 1 aromatic rings. The van der Waals surface area contributed by atoms with Crippen LogP contribution in [-0.2, 0) is 0 Å². The molecule has 2 N–H and O–H groups in total. The molecular weight excluding hydrogens is 176 g/mol. The highest BCUT2D eigenvalue weighted by atomic mass is 16.1. The molecule has 0 fully saturated rings. The second-order valence-corrected chi connectivity index (χ2v) is 3.58. The molecule has 1 aromatic heterocycles. The maximum Gasteiger partial charge on any atom is 0.253 e. The number of unbranched alkanes of at least 4 members (excludes halogenated alkanes) is 1. The number of carbonyl (C=O) groups is 1. The van der Waals surface area contributed by atoms with E-state index in [0.717, 1.165) is 36.2 Å². The first kappa shape index (κ1) is 10.8. The molecule has 0 bridgehead atoms.